The lowest BCUT2D eigenvalue weighted by Gasteiger charge is -2.07. The highest BCUT2D eigenvalue weighted by Crippen LogP contribution is 2.08. The van der Waals surface area contributed by atoms with E-state index in [1.54, 1.807) is 35.7 Å². The van der Waals surface area contributed by atoms with Gasteiger partial charge in [-0.3, -0.25) is 10.2 Å². The molecule has 6 nitrogen and oxygen atoms in total. The molecule has 0 saturated heterocycles. The smallest absolute Gasteiger partial charge is 0.240 e. The minimum Gasteiger partial charge on any atom is -0.278 e. The van der Waals surface area contributed by atoms with Gasteiger partial charge in [-0.15, -0.1) is 16.2 Å². The summed E-state index contributed by atoms with van der Waals surface area (Å²) in [7, 11) is -3.62. The maximum absolute atomic E-state index is 11.8. The third kappa shape index (κ3) is 5.25. The van der Waals surface area contributed by atoms with Gasteiger partial charge in [-0.25, -0.2) is 13.4 Å². The molecule has 2 rings (SSSR count). The number of benzene rings is 1. The number of nitrogens with zero attached hydrogens (tertiary/aromatic N) is 1. The molecule has 1 amide bonds. The highest BCUT2D eigenvalue weighted by Gasteiger charge is 2.13. The lowest BCUT2D eigenvalue weighted by molar-refractivity contribution is -0.120. The first-order valence-electron chi connectivity index (χ1n) is 6.18. The molecule has 21 heavy (non-hydrogen) atoms. The Labute approximate surface area is 127 Å². The quantitative estimate of drug-likeness (QED) is 0.780. The van der Waals surface area contributed by atoms with E-state index in [1.165, 1.54) is 11.3 Å². The molecule has 0 radical (unpaired) electrons. The van der Waals surface area contributed by atoms with E-state index >= 15 is 0 Å². The summed E-state index contributed by atoms with van der Waals surface area (Å²) in [6.45, 7) is 1.84. The molecular weight excluding hydrogens is 310 g/mol. The largest absolute Gasteiger partial charge is 0.278 e. The number of rotatable bonds is 6. The van der Waals surface area contributed by atoms with Gasteiger partial charge in [-0.1, -0.05) is 30.3 Å². The van der Waals surface area contributed by atoms with Crippen molar-refractivity contribution in [3.8, 4) is 0 Å². The summed E-state index contributed by atoms with van der Waals surface area (Å²) < 4.78 is 23.6. The van der Waals surface area contributed by atoms with Crippen molar-refractivity contribution in [3.05, 3.63) is 52.0 Å². The standard InChI is InChI=1S/C13H15N3O3S2/c1-10-14-12(8-20-10)7-13(17)15-16-21(18,19)9-11-5-3-2-4-6-11/h2-6,8,16H,7,9H2,1H3,(H,15,17). The molecule has 0 saturated carbocycles. The second-order valence-electron chi connectivity index (χ2n) is 4.43. The van der Waals surface area contributed by atoms with Crippen LogP contribution in [0.1, 0.15) is 16.3 Å². The molecule has 0 aliphatic rings. The number of carbonyl (C=O) groups is 1. The molecule has 112 valence electrons. The van der Waals surface area contributed by atoms with Gasteiger partial charge >= 0.3 is 0 Å². The van der Waals surface area contributed by atoms with Crippen molar-refractivity contribution in [3.63, 3.8) is 0 Å². The number of carbonyl (C=O) groups excluding carboxylic acids is 1. The minimum atomic E-state index is -3.62. The van der Waals surface area contributed by atoms with Crippen molar-refractivity contribution < 1.29 is 13.2 Å². The molecule has 0 bridgehead atoms. The van der Waals surface area contributed by atoms with Gasteiger partial charge in [0.15, 0.2) is 0 Å². The number of aromatic nitrogens is 1. The van der Waals surface area contributed by atoms with Crippen molar-refractivity contribution >= 4 is 27.3 Å². The monoisotopic (exact) mass is 325 g/mol. The average molecular weight is 325 g/mol. The van der Waals surface area contributed by atoms with Gasteiger partial charge in [0.05, 0.1) is 22.9 Å². The SMILES string of the molecule is Cc1nc(CC(=O)NNS(=O)(=O)Cc2ccccc2)cs1. The first-order valence-corrected chi connectivity index (χ1v) is 8.71. The number of amides is 1. The van der Waals surface area contributed by atoms with Crippen LogP contribution >= 0.6 is 11.3 Å². The molecule has 0 aliphatic carbocycles. The van der Waals surface area contributed by atoms with Gasteiger partial charge in [-0.05, 0) is 12.5 Å². The van der Waals surface area contributed by atoms with Crippen LogP contribution in [0.4, 0.5) is 0 Å². The number of hydrogen-bond acceptors (Lipinski definition) is 5. The lowest BCUT2D eigenvalue weighted by Crippen LogP contribution is -2.42. The zero-order valence-electron chi connectivity index (χ0n) is 11.4. The Morgan fingerprint density at radius 1 is 1.29 bits per heavy atom. The fourth-order valence-electron chi connectivity index (χ4n) is 1.66. The van der Waals surface area contributed by atoms with Gasteiger partial charge in [0, 0.05) is 5.38 Å². The third-order valence-electron chi connectivity index (χ3n) is 2.55. The van der Waals surface area contributed by atoms with E-state index in [2.05, 4.69) is 15.2 Å². The van der Waals surface area contributed by atoms with Crippen molar-refractivity contribution in [1.29, 1.82) is 0 Å². The maximum Gasteiger partial charge on any atom is 0.240 e. The number of nitrogens with one attached hydrogen (secondary N) is 2. The molecule has 0 aliphatic heterocycles. The number of aryl methyl sites for hydroxylation is 1. The molecule has 1 heterocycles. The molecule has 1 aromatic carbocycles. The van der Waals surface area contributed by atoms with Crippen molar-refractivity contribution in [1.82, 2.24) is 15.2 Å². The Morgan fingerprint density at radius 3 is 2.62 bits per heavy atom. The zero-order chi connectivity index (χ0) is 15.3. The Hall–Kier alpha value is -1.77. The van der Waals surface area contributed by atoms with E-state index in [4.69, 9.17) is 0 Å². The molecule has 0 spiro atoms. The Kier molecular flexibility index (Phi) is 5.05. The fraction of sp³-hybridized carbons (Fsp3) is 0.231. The number of hydrogen-bond donors (Lipinski definition) is 2. The summed E-state index contributed by atoms with van der Waals surface area (Å²) in [6.07, 6.45) is 0.0399. The minimum absolute atomic E-state index is 0.0399. The predicted octanol–water partition coefficient (Wildman–Crippen LogP) is 1.14. The third-order valence-corrected chi connectivity index (χ3v) is 4.50. The first-order chi connectivity index (χ1) is 9.94. The lowest BCUT2D eigenvalue weighted by atomic mass is 10.2. The normalized spacial score (nSPS) is 11.3. The van der Waals surface area contributed by atoms with Gasteiger partial charge < -0.3 is 0 Å². The molecule has 0 unspecified atom stereocenters. The summed E-state index contributed by atoms with van der Waals surface area (Å²) in [4.78, 5) is 17.9. The molecule has 0 atom stereocenters. The van der Waals surface area contributed by atoms with Gasteiger partial charge in [0.25, 0.3) is 0 Å². The average Bonchev–Trinajstić information content (AvgIpc) is 2.83. The summed E-state index contributed by atoms with van der Waals surface area (Å²) in [5, 5.41) is 2.63. The van der Waals surface area contributed by atoms with Crippen molar-refractivity contribution in [2.24, 2.45) is 0 Å². The van der Waals surface area contributed by atoms with Crippen LogP contribution in [0.2, 0.25) is 0 Å². The molecular formula is C13H15N3O3S2. The second kappa shape index (κ2) is 6.79. The molecule has 0 fully saturated rings. The molecule has 2 N–H and O–H groups in total. The number of hydrazine groups is 1. The molecule has 1 aromatic heterocycles. The van der Waals surface area contributed by atoms with Gasteiger partial charge in [0.1, 0.15) is 0 Å². The summed E-state index contributed by atoms with van der Waals surface area (Å²) in [6, 6.07) is 8.74. The van der Waals surface area contributed by atoms with E-state index in [0.717, 1.165) is 5.01 Å². The maximum atomic E-state index is 11.8. The first kappa shape index (κ1) is 15.6. The topological polar surface area (TPSA) is 88.2 Å². The molecule has 8 heteroatoms. The van der Waals surface area contributed by atoms with E-state index in [-0.39, 0.29) is 12.2 Å². The van der Waals surface area contributed by atoms with E-state index < -0.39 is 15.9 Å². The Balaban J connectivity index is 1.85. The van der Waals surface area contributed by atoms with Crippen LogP contribution in [-0.4, -0.2) is 19.3 Å². The van der Waals surface area contributed by atoms with Crippen LogP contribution in [0.15, 0.2) is 35.7 Å². The van der Waals surface area contributed by atoms with Crippen LogP contribution in [-0.2, 0) is 27.0 Å². The Bertz CT molecular complexity index is 711. The number of thiazole rings is 1. The highest BCUT2D eigenvalue weighted by atomic mass is 32.2. The Morgan fingerprint density at radius 2 is 2.00 bits per heavy atom. The summed E-state index contributed by atoms with van der Waals surface area (Å²) in [5.74, 6) is -0.638. The van der Waals surface area contributed by atoms with Gasteiger partial charge in [-0.2, -0.15) is 0 Å². The summed E-state index contributed by atoms with van der Waals surface area (Å²) >= 11 is 1.44. The summed E-state index contributed by atoms with van der Waals surface area (Å²) in [5.41, 5.74) is 3.46. The van der Waals surface area contributed by atoms with Crippen LogP contribution in [0.3, 0.4) is 0 Å². The van der Waals surface area contributed by atoms with E-state index in [0.29, 0.717) is 11.3 Å². The van der Waals surface area contributed by atoms with Crippen molar-refractivity contribution in [2.45, 2.75) is 19.1 Å². The number of sulfonamides is 1. The van der Waals surface area contributed by atoms with Crippen LogP contribution in [0, 0.1) is 6.92 Å². The predicted molar refractivity (Wildman–Crippen MR) is 80.9 cm³/mol. The zero-order valence-corrected chi connectivity index (χ0v) is 13.0. The van der Waals surface area contributed by atoms with Crippen LogP contribution < -0.4 is 10.3 Å². The van der Waals surface area contributed by atoms with Gasteiger partial charge in [0.2, 0.25) is 15.9 Å². The van der Waals surface area contributed by atoms with E-state index in [9.17, 15) is 13.2 Å². The van der Waals surface area contributed by atoms with Crippen molar-refractivity contribution in [2.75, 3.05) is 0 Å². The van der Waals surface area contributed by atoms with E-state index in [1.807, 2.05) is 6.92 Å². The highest BCUT2D eigenvalue weighted by molar-refractivity contribution is 7.88. The fourth-order valence-corrected chi connectivity index (χ4v) is 3.25. The van der Waals surface area contributed by atoms with Crippen LogP contribution in [0.25, 0.3) is 0 Å². The second-order valence-corrected chi connectivity index (χ2v) is 7.21. The van der Waals surface area contributed by atoms with Crippen LogP contribution in [0.5, 0.6) is 0 Å². The molecule has 2 aromatic rings.